The number of nitrogens with one attached hydrogen (secondary N) is 3. The van der Waals surface area contributed by atoms with Gasteiger partial charge in [-0.05, 0) is 57.0 Å². The number of aromatic amines is 1. The number of anilines is 1. The van der Waals surface area contributed by atoms with Gasteiger partial charge in [-0.1, -0.05) is 0 Å². The molecule has 3 N–H and O–H groups in total. The normalized spacial score (nSPS) is 11.0. The number of nitriles is 1. The molecule has 0 bridgehead atoms. The predicted octanol–water partition coefficient (Wildman–Crippen LogP) is 3.84. The number of alkyl carbamates (subject to hydrolysis) is 1. The number of hydrogen-bond acceptors (Lipinski definition) is 9. The smallest absolute Gasteiger partial charge is 0.414 e. The standard InChI is InChI=1S/C18H13Br2N7O4/c1-2-30-18(29)25-16(28)13(7-21)27-26-9-5-11(19)14(12(20)6-9)31-17-10-3-4-22-15(10)23-8-24-17/h3-6,8,26H,2H2,1H3,(H,22,23,24)(H,25,28,29)/b27-13+. The Morgan fingerprint density at radius 2 is 2.03 bits per heavy atom. The number of nitrogens with zero attached hydrogens (tertiary/aromatic N) is 4. The highest BCUT2D eigenvalue weighted by Crippen LogP contribution is 2.40. The van der Waals surface area contributed by atoms with Gasteiger partial charge in [0, 0.05) is 6.20 Å². The second-order valence-corrected chi connectivity index (χ2v) is 7.36. The highest BCUT2D eigenvalue weighted by atomic mass is 79.9. The van der Waals surface area contributed by atoms with Crippen LogP contribution in [0.1, 0.15) is 6.92 Å². The molecule has 0 atom stereocenters. The lowest BCUT2D eigenvalue weighted by atomic mass is 10.3. The number of imide groups is 1. The third kappa shape index (κ3) is 5.36. The van der Waals surface area contributed by atoms with Gasteiger partial charge in [0.05, 0.1) is 26.6 Å². The lowest BCUT2D eigenvalue weighted by Crippen LogP contribution is -2.36. The SMILES string of the molecule is CCOC(=O)NC(=O)/C(C#N)=N/Nc1cc(Br)c(Oc2ncnc3[nH]ccc23)c(Br)c1. The minimum atomic E-state index is -0.995. The van der Waals surface area contributed by atoms with Gasteiger partial charge < -0.3 is 14.5 Å². The van der Waals surface area contributed by atoms with Gasteiger partial charge in [0.2, 0.25) is 11.6 Å². The molecule has 3 aromatic rings. The lowest BCUT2D eigenvalue weighted by Gasteiger charge is -2.11. The van der Waals surface area contributed by atoms with Gasteiger partial charge in [0.25, 0.3) is 5.91 Å². The molecular formula is C18H13Br2N7O4. The second-order valence-electron chi connectivity index (χ2n) is 5.65. The first-order chi connectivity index (χ1) is 14.9. The number of hydrazone groups is 1. The minimum absolute atomic E-state index is 0.0808. The van der Waals surface area contributed by atoms with Crippen LogP contribution in [-0.2, 0) is 9.53 Å². The molecule has 0 spiro atoms. The number of aromatic nitrogens is 3. The molecule has 1 aromatic carbocycles. The third-order valence-electron chi connectivity index (χ3n) is 3.62. The summed E-state index contributed by atoms with van der Waals surface area (Å²) in [7, 11) is 0. The van der Waals surface area contributed by atoms with Crippen molar-refractivity contribution in [2.45, 2.75) is 6.92 Å². The van der Waals surface area contributed by atoms with Crippen LogP contribution in [0.3, 0.4) is 0 Å². The lowest BCUT2D eigenvalue weighted by molar-refractivity contribution is -0.114. The summed E-state index contributed by atoms with van der Waals surface area (Å²) in [5.41, 5.74) is 3.09. The van der Waals surface area contributed by atoms with Gasteiger partial charge in [0.15, 0.2) is 5.75 Å². The first-order valence-electron chi connectivity index (χ1n) is 8.59. The van der Waals surface area contributed by atoms with Crippen molar-refractivity contribution in [3.8, 4) is 17.7 Å². The van der Waals surface area contributed by atoms with Crippen molar-refractivity contribution < 1.29 is 19.1 Å². The van der Waals surface area contributed by atoms with E-state index < -0.39 is 17.7 Å². The number of halogens is 2. The fraction of sp³-hybridized carbons (Fsp3) is 0.111. The van der Waals surface area contributed by atoms with Crippen molar-refractivity contribution in [3.05, 3.63) is 39.7 Å². The Kier molecular flexibility index (Phi) is 7.16. The van der Waals surface area contributed by atoms with Crippen LogP contribution < -0.4 is 15.5 Å². The van der Waals surface area contributed by atoms with Crippen LogP contribution in [0.2, 0.25) is 0 Å². The van der Waals surface area contributed by atoms with Crippen LogP contribution >= 0.6 is 31.9 Å². The number of amides is 2. The molecule has 31 heavy (non-hydrogen) atoms. The fourth-order valence-electron chi connectivity index (χ4n) is 2.31. The zero-order valence-corrected chi connectivity index (χ0v) is 18.9. The van der Waals surface area contributed by atoms with Crippen LogP contribution in [0.15, 0.2) is 44.8 Å². The van der Waals surface area contributed by atoms with Gasteiger partial charge in [0.1, 0.15) is 18.0 Å². The molecule has 0 aliphatic carbocycles. The summed E-state index contributed by atoms with van der Waals surface area (Å²) in [4.78, 5) is 34.5. The van der Waals surface area contributed by atoms with Crippen molar-refractivity contribution in [1.29, 1.82) is 5.26 Å². The summed E-state index contributed by atoms with van der Waals surface area (Å²) in [6, 6.07) is 6.65. The number of carbonyl (C=O) groups excluding carboxylic acids is 2. The quantitative estimate of drug-likeness (QED) is 0.309. The molecule has 0 saturated heterocycles. The Morgan fingerprint density at radius 3 is 2.71 bits per heavy atom. The van der Waals surface area contributed by atoms with E-state index in [0.717, 1.165) is 0 Å². The first-order valence-corrected chi connectivity index (χ1v) is 10.2. The summed E-state index contributed by atoms with van der Waals surface area (Å²) < 4.78 is 11.6. The van der Waals surface area contributed by atoms with E-state index in [2.05, 4.69) is 62.1 Å². The molecule has 158 valence electrons. The maximum atomic E-state index is 11.9. The van der Waals surface area contributed by atoms with Gasteiger partial charge in [-0.15, -0.1) is 0 Å². The molecule has 2 amide bonds. The van der Waals surface area contributed by atoms with Crippen molar-refractivity contribution in [2.75, 3.05) is 12.0 Å². The zero-order chi connectivity index (χ0) is 22.4. The Hall–Kier alpha value is -3.50. The summed E-state index contributed by atoms with van der Waals surface area (Å²) in [5, 5.41) is 15.5. The maximum Gasteiger partial charge on any atom is 0.414 e. The number of hydrogen-bond donors (Lipinski definition) is 3. The van der Waals surface area contributed by atoms with Crippen LogP contribution in [-0.4, -0.2) is 39.3 Å². The molecule has 0 unspecified atom stereocenters. The minimum Gasteiger partial charge on any atom is -0.450 e. The molecule has 11 nitrogen and oxygen atoms in total. The molecule has 0 radical (unpaired) electrons. The molecule has 2 heterocycles. The average Bonchev–Trinajstić information content (AvgIpc) is 3.21. The van der Waals surface area contributed by atoms with Crippen molar-refractivity contribution in [2.24, 2.45) is 5.10 Å². The Balaban J connectivity index is 1.77. The first kappa shape index (κ1) is 22.2. The topological polar surface area (TPSA) is 154 Å². The summed E-state index contributed by atoms with van der Waals surface area (Å²) in [5.74, 6) is -0.198. The molecule has 13 heteroatoms. The van der Waals surface area contributed by atoms with Gasteiger partial charge in [-0.2, -0.15) is 10.4 Å². The fourth-order valence-corrected chi connectivity index (χ4v) is 3.66. The molecular weight excluding hydrogens is 538 g/mol. The van der Waals surface area contributed by atoms with E-state index in [1.165, 1.54) is 6.33 Å². The molecule has 0 aliphatic heterocycles. The van der Waals surface area contributed by atoms with Crippen LogP contribution in [0.5, 0.6) is 11.6 Å². The number of H-pyrrole nitrogens is 1. The number of rotatable bonds is 6. The van der Waals surface area contributed by atoms with Crippen molar-refractivity contribution in [1.82, 2.24) is 20.3 Å². The Morgan fingerprint density at radius 1 is 1.29 bits per heavy atom. The summed E-state index contributed by atoms with van der Waals surface area (Å²) in [6.07, 6.45) is 2.14. The summed E-state index contributed by atoms with van der Waals surface area (Å²) in [6.45, 7) is 1.66. The molecule has 2 aromatic heterocycles. The van der Waals surface area contributed by atoms with Crippen molar-refractivity contribution >= 4 is 66.3 Å². The van der Waals surface area contributed by atoms with Crippen LogP contribution in [0.25, 0.3) is 11.0 Å². The second kappa shape index (κ2) is 10.0. The summed E-state index contributed by atoms with van der Waals surface area (Å²) >= 11 is 6.83. The van der Waals surface area contributed by atoms with E-state index in [9.17, 15) is 9.59 Å². The predicted molar refractivity (Wildman–Crippen MR) is 118 cm³/mol. The van der Waals surface area contributed by atoms with E-state index in [4.69, 9.17) is 10.00 Å². The van der Waals surface area contributed by atoms with E-state index in [0.29, 0.717) is 37.3 Å². The monoisotopic (exact) mass is 549 g/mol. The van der Waals surface area contributed by atoms with E-state index >= 15 is 0 Å². The molecule has 0 aliphatic rings. The number of carbonyl (C=O) groups is 2. The number of benzene rings is 1. The largest absolute Gasteiger partial charge is 0.450 e. The van der Waals surface area contributed by atoms with Gasteiger partial charge in [-0.3, -0.25) is 15.5 Å². The van der Waals surface area contributed by atoms with Crippen molar-refractivity contribution in [3.63, 3.8) is 0 Å². The molecule has 0 fully saturated rings. The Labute approximate surface area is 192 Å². The number of ether oxygens (including phenoxy) is 2. The average molecular weight is 551 g/mol. The molecule has 3 rings (SSSR count). The highest BCUT2D eigenvalue weighted by molar-refractivity contribution is 9.11. The van der Waals surface area contributed by atoms with E-state index in [1.54, 1.807) is 37.4 Å². The van der Waals surface area contributed by atoms with E-state index in [-0.39, 0.29) is 6.61 Å². The zero-order valence-electron chi connectivity index (χ0n) is 15.8. The number of fused-ring (bicyclic) bond motifs is 1. The van der Waals surface area contributed by atoms with Gasteiger partial charge in [-0.25, -0.2) is 14.8 Å². The highest BCUT2D eigenvalue weighted by Gasteiger charge is 2.17. The maximum absolute atomic E-state index is 11.9. The molecule has 0 saturated carbocycles. The van der Waals surface area contributed by atoms with Gasteiger partial charge >= 0.3 is 6.09 Å². The third-order valence-corrected chi connectivity index (χ3v) is 4.80. The Bertz CT molecular complexity index is 1200. The van der Waals surface area contributed by atoms with Crippen LogP contribution in [0.4, 0.5) is 10.5 Å². The van der Waals surface area contributed by atoms with Crippen LogP contribution in [0, 0.1) is 11.3 Å². The van der Waals surface area contributed by atoms with E-state index in [1.807, 2.05) is 5.32 Å².